The SMILES string of the molecule is CC1CCCC(NS(=O)(=O)c2ccc(Br)cc2N)C1C. The molecule has 3 unspecified atom stereocenters. The molecule has 0 radical (unpaired) electrons. The fourth-order valence-corrected chi connectivity index (χ4v) is 4.63. The van der Waals surface area contributed by atoms with Gasteiger partial charge in [0.15, 0.2) is 0 Å². The number of hydrogen-bond donors (Lipinski definition) is 2. The molecule has 0 heterocycles. The van der Waals surface area contributed by atoms with E-state index in [2.05, 4.69) is 34.5 Å². The Balaban J connectivity index is 2.22. The molecule has 1 aliphatic rings. The van der Waals surface area contributed by atoms with Gasteiger partial charge in [0.2, 0.25) is 10.0 Å². The molecule has 4 nitrogen and oxygen atoms in total. The molecule has 1 saturated carbocycles. The van der Waals surface area contributed by atoms with Gasteiger partial charge in [-0.2, -0.15) is 0 Å². The molecule has 1 aromatic carbocycles. The van der Waals surface area contributed by atoms with Gasteiger partial charge < -0.3 is 5.73 Å². The van der Waals surface area contributed by atoms with Crippen molar-refractivity contribution >= 4 is 31.6 Å². The highest BCUT2D eigenvalue weighted by Crippen LogP contribution is 2.31. The summed E-state index contributed by atoms with van der Waals surface area (Å²) in [4.78, 5) is 0.158. The quantitative estimate of drug-likeness (QED) is 0.813. The van der Waals surface area contributed by atoms with Crippen molar-refractivity contribution in [2.75, 3.05) is 5.73 Å². The van der Waals surface area contributed by atoms with Crippen LogP contribution in [0.1, 0.15) is 33.1 Å². The number of nitrogen functional groups attached to an aromatic ring is 1. The summed E-state index contributed by atoms with van der Waals surface area (Å²) in [6, 6.07) is 4.84. The van der Waals surface area contributed by atoms with E-state index in [9.17, 15) is 8.42 Å². The van der Waals surface area contributed by atoms with Gasteiger partial charge in [-0.25, -0.2) is 13.1 Å². The summed E-state index contributed by atoms with van der Waals surface area (Å²) in [6.07, 6.45) is 3.12. The average Bonchev–Trinajstić information content (AvgIpc) is 2.34. The maximum absolute atomic E-state index is 12.5. The fourth-order valence-electron chi connectivity index (χ4n) is 2.78. The molecule has 112 valence electrons. The summed E-state index contributed by atoms with van der Waals surface area (Å²) in [6.45, 7) is 4.29. The fraction of sp³-hybridized carbons (Fsp3) is 0.571. The molecule has 0 bridgehead atoms. The van der Waals surface area contributed by atoms with E-state index in [0.717, 1.165) is 17.3 Å². The van der Waals surface area contributed by atoms with Crippen LogP contribution in [0.2, 0.25) is 0 Å². The molecule has 0 saturated heterocycles. The van der Waals surface area contributed by atoms with Crippen LogP contribution in [-0.4, -0.2) is 14.5 Å². The lowest BCUT2D eigenvalue weighted by atomic mass is 9.78. The summed E-state index contributed by atoms with van der Waals surface area (Å²) < 4.78 is 28.6. The highest BCUT2D eigenvalue weighted by molar-refractivity contribution is 9.10. The van der Waals surface area contributed by atoms with Crippen LogP contribution in [0.5, 0.6) is 0 Å². The Kier molecular flexibility index (Phi) is 4.76. The Morgan fingerprint density at radius 2 is 2.00 bits per heavy atom. The Hall–Kier alpha value is -0.590. The third kappa shape index (κ3) is 3.35. The Morgan fingerprint density at radius 1 is 1.30 bits per heavy atom. The minimum absolute atomic E-state index is 0.00760. The van der Waals surface area contributed by atoms with Crippen molar-refractivity contribution in [2.24, 2.45) is 11.8 Å². The average molecular weight is 361 g/mol. The summed E-state index contributed by atoms with van der Waals surface area (Å²) >= 11 is 3.28. The van der Waals surface area contributed by atoms with Crippen molar-refractivity contribution in [3.8, 4) is 0 Å². The van der Waals surface area contributed by atoms with Gasteiger partial charge in [-0.05, 0) is 36.5 Å². The molecule has 2 rings (SSSR count). The van der Waals surface area contributed by atoms with Crippen molar-refractivity contribution in [1.82, 2.24) is 4.72 Å². The van der Waals surface area contributed by atoms with Gasteiger partial charge in [-0.3, -0.25) is 0 Å². The summed E-state index contributed by atoms with van der Waals surface area (Å²) in [5.41, 5.74) is 6.09. The number of nitrogens with two attached hydrogens (primary N) is 1. The maximum atomic E-state index is 12.5. The monoisotopic (exact) mass is 360 g/mol. The van der Waals surface area contributed by atoms with Crippen LogP contribution in [0.4, 0.5) is 5.69 Å². The molecule has 3 atom stereocenters. The van der Waals surface area contributed by atoms with Crippen LogP contribution >= 0.6 is 15.9 Å². The summed E-state index contributed by atoms with van der Waals surface area (Å²) in [5, 5.41) is 0. The lowest BCUT2D eigenvalue weighted by Gasteiger charge is -2.34. The first kappa shape index (κ1) is 15.8. The third-order valence-electron chi connectivity index (χ3n) is 4.27. The number of sulfonamides is 1. The van der Waals surface area contributed by atoms with Crippen LogP contribution in [0.25, 0.3) is 0 Å². The Bertz CT molecular complexity index is 589. The van der Waals surface area contributed by atoms with Crippen molar-refractivity contribution in [2.45, 2.75) is 44.0 Å². The molecule has 1 fully saturated rings. The predicted octanol–water partition coefficient (Wildman–Crippen LogP) is 3.13. The van der Waals surface area contributed by atoms with Gasteiger partial charge in [0.1, 0.15) is 4.90 Å². The second-order valence-corrected chi connectivity index (χ2v) is 8.28. The van der Waals surface area contributed by atoms with Crippen molar-refractivity contribution in [3.05, 3.63) is 22.7 Å². The standard InChI is InChI=1S/C14H21BrN2O2S/c1-9-4-3-5-13(10(9)2)17-20(18,19)14-7-6-11(15)8-12(14)16/h6-10,13,17H,3-5,16H2,1-2H3. The lowest BCUT2D eigenvalue weighted by Crippen LogP contribution is -2.43. The van der Waals surface area contributed by atoms with Gasteiger partial charge in [0, 0.05) is 10.5 Å². The molecule has 6 heteroatoms. The molecule has 1 aliphatic carbocycles. The molecule has 0 spiro atoms. The van der Waals surface area contributed by atoms with Crippen molar-refractivity contribution in [3.63, 3.8) is 0 Å². The zero-order valence-corrected chi connectivity index (χ0v) is 14.2. The van der Waals surface area contributed by atoms with Gasteiger partial charge in [-0.1, -0.05) is 42.6 Å². The highest BCUT2D eigenvalue weighted by atomic mass is 79.9. The van der Waals surface area contributed by atoms with Crippen LogP contribution in [0.15, 0.2) is 27.6 Å². The van der Waals surface area contributed by atoms with Crippen LogP contribution in [0.3, 0.4) is 0 Å². The first-order chi connectivity index (χ1) is 9.31. The van der Waals surface area contributed by atoms with Crippen molar-refractivity contribution in [1.29, 1.82) is 0 Å². The summed E-state index contributed by atoms with van der Waals surface area (Å²) in [5.74, 6) is 0.883. The lowest BCUT2D eigenvalue weighted by molar-refractivity contribution is 0.227. The molecule has 3 N–H and O–H groups in total. The molecular formula is C14H21BrN2O2S. The molecule has 0 aromatic heterocycles. The first-order valence-corrected chi connectivity index (χ1v) is 9.16. The first-order valence-electron chi connectivity index (χ1n) is 6.88. The van der Waals surface area contributed by atoms with Crippen LogP contribution < -0.4 is 10.5 Å². The maximum Gasteiger partial charge on any atom is 0.242 e. The molecule has 1 aromatic rings. The number of anilines is 1. The topological polar surface area (TPSA) is 72.2 Å². The van der Waals surface area contributed by atoms with Crippen LogP contribution in [0, 0.1) is 11.8 Å². The molecule has 20 heavy (non-hydrogen) atoms. The normalized spacial score (nSPS) is 27.4. The highest BCUT2D eigenvalue weighted by Gasteiger charge is 2.31. The number of rotatable bonds is 3. The number of hydrogen-bond acceptors (Lipinski definition) is 3. The molecular weight excluding hydrogens is 340 g/mol. The van der Waals surface area contributed by atoms with E-state index in [-0.39, 0.29) is 16.6 Å². The second-order valence-electron chi connectivity index (χ2n) is 5.68. The predicted molar refractivity (Wildman–Crippen MR) is 84.8 cm³/mol. The number of nitrogens with one attached hydrogen (secondary N) is 1. The molecule has 0 amide bonds. The zero-order valence-electron chi connectivity index (χ0n) is 11.8. The largest absolute Gasteiger partial charge is 0.398 e. The van der Waals surface area contributed by atoms with Gasteiger partial charge >= 0.3 is 0 Å². The summed E-state index contributed by atoms with van der Waals surface area (Å²) in [7, 11) is -3.56. The Labute approximate surface area is 129 Å². The van der Waals surface area contributed by atoms with Gasteiger partial charge in [0.05, 0.1) is 5.69 Å². The van der Waals surface area contributed by atoms with Crippen molar-refractivity contribution < 1.29 is 8.42 Å². The van der Waals surface area contributed by atoms with E-state index >= 15 is 0 Å². The Morgan fingerprint density at radius 3 is 2.65 bits per heavy atom. The van der Waals surface area contributed by atoms with E-state index in [1.54, 1.807) is 18.2 Å². The third-order valence-corrected chi connectivity index (χ3v) is 6.33. The van der Waals surface area contributed by atoms with Gasteiger partial charge in [-0.15, -0.1) is 0 Å². The van der Waals surface area contributed by atoms with E-state index in [0.29, 0.717) is 11.8 Å². The van der Waals surface area contributed by atoms with E-state index < -0.39 is 10.0 Å². The number of benzene rings is 1. The second kappa shape index (κ2) is 6.03. The zero-order chi connectivity index (χ0) is 14.9. The van der Waals surface area contributed by atoms with E-state index in [1.807, 2.05) is 0 Å². The van der Waals surface area contributed by atoms with E-state index in [4.69, 9.17) is 5.73 Å². The smallest absolute Gasteiger partial charge is 0.242 e. The minimum Gasteiger partial charge on any atom is -0.398 e. The number of halogens is 1. The van der Waals surface area contributed by atoms with Crippen LogP contribution in [-0.2, 0) is 10.0 Å². The molecule has 0 aliphatic heterocycles. The van der Waals surface area contributed by atoms with E-state index in [1.165, 1.54) is 6.42 Å². The van der Waals surface area contributed by atoms with Gasteiger partial charge in [0.25, 0.3) is 0 Å². The minimum atomic E-state index is -3.56.